The topological polar surface area (TPSA) is 9.23 Å². The summed E-state index contributed by atoms with van der Waals surface area (Å²) < 4.78 is 13.0. The third-order valence-corrected chi connectivity index (χ3v) is 13.1. The van der Waals surface area contributed by atoms with Crippen molar-refractivity contribution < 1.29 is 23.3 Å². The summed E-state index contributed by atoms with van der Waals surface area (Å²) in [5, 5.41) is 0. The third-order valence-electron chi connectivity index (χ3n) is 4.99. The van der Waals surface area contributed by atoms with E-state index in [1.165, 1.54) is 16.7 Å². The number of fused-ring (bicyclic) bond motifs is 1. The Hall–Kier alpha value is 0.297. The van der Waals surface area contributed by atoms with Gasteiger partial charge >= 0.3 is 161 Å². The minimum atomic E-state index is -2.05. The van der Waals surface area contributed by atoms with Crippen molar-refractivity contribution in [3.05, 3.63) is 62.5 Å². The first-order valence-electron chi connectivity index (χ1n) is 9.36. The van der Waals surface area contributed by atoms with E-state index >= 15 is 0 Å². The van der Waals surface area contributed by atoms with Gasteiger partial charge in [0.15, 0.2) is 0 Å². The fraction of sp³-hybridized carbons (Fsp3) is 0.429. The first-order valence-corrected chi connectivity index (χ1v) is 24.8. The average Bonchev–Trinajstić information content (AvgIpc) is 3.10. The summed E-state index contributed by atoms with van der Waals surface area (Å²) in [6, 6.07) is 9.03. The van der Waals surface area contributed by atoms with Crippen molar-refractivity contribution in [3.63, 3.8) is 0 Å². The minimum Gasteiger partial charge on any atom is -0.147 e. The number of allylic oxidation sites excluding steroid dienone is 5. The van der Waals surface area contributed by atoms with Gasteiger partial charge < -0.3 is 0 Å². The molecule has 0 N–H and O–H groups in total. The summed E-state index contributed by atoms with van der Waals surface area (Å²) in [5.41, 5.74) is 6.14. The molecule has 0 saturated heterocycles. The van der Waals surface area contributed by atoms with Gasteiger partial charge in [-0.05, 0) is 0 Å². The molecule has 1 nitrogen and oxygen atoms in total. The van der Waals surface area contributed by atoms with E-state index in [0.717, 1.165) is 19.4 Å². The molecule has 0 amide bonds. The number of halogens is 2. The zero-order chi connectivity index (χ0) is 18.2. The molecule has 0 saturated carbocycles. The monoisotopic (exact) mass is 517 g/mol. The van der Waals surface area contributed by atoms with Crippen LogP contribution in [-0.4, -0.2) is 21.8 Å². The molecule has 6 heteroatoms. The van der Waals surface area contributed by atoms with E-state index in [2.05, 4.69) is 78.3 Å². The Bertz CT molecular complexity index is 816. The van der Waals surface area contributed by atoms with Crippen LogP contribution in [0.2, 0.25) is 28.9 Å². The van der Waals surface area contributed by atoms with Crippen molar-refractivity contribution in [3.8, 4) is 0 Å². The zero-order valence-electron chi connectivity index (χ0n) is 17.2. The molecular weight excluding hydrogens is 487 g/mol. The van der Waals surface area contributed by atoms with Crippen LogP contribution in [0, 0.1) is 0 Å². The van der Waals surface area contributed by atoms with Crippen LogP contribution in [0.15, 0.2) is 51.3 Å². The quantitative estimate of drug-likeness (QED) is 0.403. The van der Waals surface area contributed by atoms with Crippen molar-refractivity contribution in [1.29, 1.82) is 0 Å². The molecule has 0 radical (unpaired) electrons. The van der Waals surface area contributed by atoms with Crippen LogP contribution in [0.4, 0.5) is 0 Å². The Balaban J connectivity index is 0.00000182. The largest absolute Gasteiger partial charge is 0.147 e. The van der Waals surface area contributed by atoms with E-state index in [0.29, 0.717) is 5.92 Å². The maximum atomic E-state index is 6.13. The van der Waals surface area contributed by atoms with E-state index in [1.54, 1.807) is 8.85 Å². The molecule has 2 aliphatic carbocycles. The van der Waals surface area contributed by atoms with Gasteiger partial charge in [-0.3, -0.25) is 0 Å². The van der Waals surface area contributed by atoms with Crippen molar-refractivity contribution in [2.75, 3.05) is 6.61 Å². The Morgan fingerprint density at radius 3 is 2.44 bits per heavy atom. The molecule has 3 rings (SSSR count). The number of rotatable bonds is 6. The molecule has 27 heavy (non-hydrogen) atoms. The van der Waals surface area contributed by atoms with Crippen LogP contribution in [-0.2, 0) is 23.3 Å². The van der Waals surface area contributed by atoms with Gasteiger partial charge in [0.05, 0.1) is 0 Å². The van der Waals surface area contributed by atoms with Gasteiger partial charge in [0.25, 0.3) is 0 Å². The Morgan fingerprint density at radius 2 is 1.81 bits per heavy atom. The van der Waals surface area contributed by atoms with Gasteiger partial charge in [0.1, 0.15) is 0 Å². The summed E-state index contributed by atoms with van der Waals surface area (Å²) >= 11 is -2.05. The molecule has 1 unspecified atom stereocenters. The van der Waals surface area contributed by atoms with Gasteiger partial charge in [-0.15, -0.1) is 24.8 Å². The fourth-order valence-corrected chi connectivity index (χ4v) is 10.8. The van der Waals surface area contributed by atoms with Crippen LogP contribution in [0.25, 0.3) is 5.57 Å². The van der Waals surface area contributed by atoms with Gasteiger partial charge in [0, 0.05) is 0 Å². The molecule has 1 aromatic rings. The summed E-state index contributed by atoms with van der Waals surface area (Å²) in [7, 11) is -1.44. The van der Waals surface area contributed by atoms with Crippen LogP contribution in [0.3, 0.4) is 0 Å². The molecule has 1 aromatic carbocycles. The Labute approximate surface area is 184 Å². The van der Waals surface area contributed by atoms with E-state index < -0.39 is 27.2 Å². The number of hydrogen-bond acceptors (Lipinski definition) is 1. The average molecular weight is 520 g/mol. The maximum Gasteiger partial charge on any atom is -0.147 e. The summed E-state index contributed by atoms with van der Waals surface area (Å²) in [6.45, 7) is 9.97. The second-order valence-electron chi connectivity index (χ2n) is 8.90. The number of hydrogen-bond donors (Lipinski definition) is 0. The Kier molecular flexibility index (Phi) is 9.26. The summed E-state index contributed by atoms with van der Waals surface area (Å²) in [4.78, 5) is 0. The molecule has 2 aliphatic rings. The molecule has 0 fully saturated rings. The van der Waals surface area contributed by atoms with Gasteiger partial charge in [0.2, 0.25) is 0 Å². The van der Waals surface area contributed by atoms with Crippen molar-refractivity contribution >= 4 is 45.6 Å². The van der Waals surface area contributed by atoms with Crippen LogP contribution in [0.5, 0.6) is 0 Å². The van der Waals surface area contributed by atoms with Gasteiger partial charge in [-0.2, -0.15) is 0 Å². The first kappa shape index (κ1) is 25.3. The van der Waals surface area contributed by atoms with Gasteiger partial charge in [-0.1, -0.05) is 0 Å². The van der Waals surface area contributed by atoms with Crippen LogP contribution >= 0.6 is 24.8 Å². The molecule has 1 atom stereocenters. The molecule has 0 bridgehead atoms. The third kappa shape index (κ3) is 6.14. The molecule has 0 heterocycles. The second kappa shape index (κ2) is 9.87. The molecule has 0 aliphatic heterocycles. The van der Waals surface area contributed by atoms with Gasteiger partial charge in [-0.25, -0.2) is 0 Å². The minimum absolute atomic E-state index is 0. The summed E-state index contributed by atoms with van der Waals surface area (Å²) in [5.74, 6) is 0.490. The van der Waals surface area contributed by atoms with Crippen molar-refractivity contribution in [2.24, 2.45) is 0 Å². The molecule has 149 valence electrons. The predicted molar refractivity (Wildman–Crippen MR) is 127 cm³/mol. The normalized spacial score (nSPS) is 18.7. The van der Waals surface area contributed by atoms with E-state index in [4.69, 9.17) is 4.43 Å². The molecule has 0 aromatic heterocycles. The Morgan fingerprint density at radius 1 is 1.15 bits per heavy atom. The molecular formula is C21H33Cl2OSi2Zr. The summed E-state index contributed by atoms with van der Waals surface area (Å²) in [6.07, 6.45) is 9.55. The van der Waals surface area contributed by atoms with Crippen LogP contribution < -0.4 is 0 Å². The fourth-order valence-electron chi connectivity index (χ4n) is 3.89. The smallest absolute Gasteiger partial charge is 0.147 e. The standard InChI is InChI=1S/C19H23OSi.2CH3.2ClH.H2Si.Zr/c1-21(2,3)20-13-12-16-14-19(15-8-4-5-9-15)18-11-7-6-10-17(16)18;;;;;;/h4-7,10-11,14,19H,8,12-13H2,1-3H3;2*1H3;2*1H;1H2;. The predicted octanol–water partition coefficient (Wildman–Crippen LogP) is 6.26. The number of benzene rings is 1. The maximum absolute atomic E-state index is 6.13. The van der Waals surface area contributed by atoms with Crippen LogP contribution in [0.1, 0.15) is 29.9 Å². The molecule has 0 spiro atoms. The van der Waals surface area contributed by atoms with E-state index in [1.807, 2.05) is 0 Å². The first-order chi connectivity index (χ1) is 11.7. The zero-order valence-corrected chi connectivity index (χ0v) is 23.7. The van der Waals surface area contributed by atoms with E-state index in [-0.39, 0.29) is 24.8 Å². The SMILES string of the molecule is C[Si](C)(C)OCCC1=CC(C2=[C]([Zr]([CH3])([CH3])=[SiH2])C=CC2)c2ccccc21.Cl.Cl. The van der Waals surface area contributed by atoms with Crippen molar-refractivity contribution in [2.45, 2.75) is 47.7 Å². The second-order valence-corrected chi connectivity index (χ2v) is 34.5. The van der Waals surface area contributed by atoms with Crippen molar-refractivity contribution in [1.82, 2.24) is 0 Å². The van der Waals surface area contributed by atoms with E-state index in [9.17, 15) is 0 Å².